The van der Waals surface area contributed by atoms with Crippen LogP contribution in [0.5, 0.6) is 5.75 Å². The molecule has 0 saturated heterocycles. The molecule has 29 heavy (non-hydrogen) atoms. The van der Waals surface area contributed by atoms with Crippen molar-refractivity contribution in [3.63, 3.8) is 0 Å². The number of aromatic hydroxyl groups is 1. The first-order valence-electron chi connectivity index (χ1n) is 9.15. The normalized spacial score (nSPS) is 12.0. The third-order valence-electron chi connectivity index (χ3n) is 4.62. The lowest BCUT2D eigenvalue weighted by atomic mass is 10.1. The van der Waals surface area contributed by atoms with Gasteiger partial charge in [-0.05, 0) is 30.7 Å². The number of fused-ring (bicyclic) bond motifs is 1. The molecule has 4 aromatic rings. The fraction of sp³-hybridized carbons (Fsp3) is 0.238. The van der Waals surface area contributed by atoms with E-state index in [1.165, 1.54) is 29.7 Å². The minimum Gasteiger partial charge on any atom is -0.506 e. The number of hydrogen-bond acceptors (Lipinski definition) is 4. The van der Waals surface area contributed by atoms with Crippen LogP contribution >= 0.6 is 11.3 Å². The molecule has 0 atom stereocenters. The molecule has 0 aliphatic rings. The Morgan fingerprint density at radius 2 is 1.90 bits per heavy atom. The number of nitrogens with zero attached hydrogens (tertiary/aromatic N) is 3. The molecule has 0 saturated carbocycles. The molecule has 1 aromatic carbocycles. The summed E-state index contributed by atoms with van der Waals surface area (Å²) in [6.07, 6.45) is 0.676. The molecule has 0 amide bonds. The molecule has 0 bridgehead atoms. The van der Waals surface area contributed by atoms with Gasteiger partial charge in [-0.25, -0.2) is 9.97 Å². The van der Waals surface area contributed by atoms with Crippen LogP contribution in [0.2, 0.25) is 0 Å². The number of rotatable bonds is 5. The number of alkyl halides is 3. The van der Waals surface area contributed by atoms with Gasteiger partial charge in [-0.3, -0.25) is 0 Å². The molecule has 150 valence electrons. The molecule has 0 radical (unpaired) electrons. The summed E-state index contributed by atoms with van der Waals surface area (Å²) in [4.78, 5) is 10.1. The van der Waals surface area contributed by atoms with Gasteiger partial charge in [0.2, 0.25) is 0 Å². The average Bonchev–Trinajstić information content (AvgIpc) is 3.26. The molecule has 4 rings (SSSR count). The molecule has 4 nitrogen and oxygen atoms in total. The van der Waals surface area contributed by atoms with Crippen LogP contribution in [-0.4, -0.2) is 19.6 Å². The van der Waals surface area contributed by atoms with Gasteiger partial charge in [0.25, 0.3) is 0 Å². The monoisotopic (exact) mass is 417 g/mol. The second-order valence-corrected chi connectivity index (χ2v) is 7.85. The number of aryl methyl sites for hydroxylation is 1. The summed E-state index contributed by atoms with van der Waals surface area (Å²) in [5.74, 6) is 0.115. The highest BCUT2D eigenvalue weighted by molar-refractivity contribution is 7.15. The first kappa shape index (κ1) is 19.4. The van der Waals surface area contributed by atoms with Gasteiger partial charge in [0.1, 0.15) is 16.4 Å². The van der Waals surface area contributed by atoms with Crippen LogP contribution in [0.4, 0.5) is 13.2 Å². The van der Waals surface area contributed by atoms with Crippen molar-refractivity contribution in [2.24, 2.45) is 0 Å². The van der Waals surface area contributed by atoms with Crippen LogP contribution in [0.3, 0.4) is 0 Å². The molecule has 0 aliphatic carbocycles. The molecular formula is C21H18F3N3OS. The van der Waals surface area contributed by atoms with E-state index in [2.05, 4.69) is 11.9 Å². The van der Waals surface area contributed by atoms with E-state index in [1.807, 2.05) is 16.8 Å². The molecule has 3 aromatic heterocycles. The van der Waals surface area contributed by atoms with Crippen molar-refractivity contribution in [1.82, 2.24) is 14.5 Å². The number of thiazole rings is 1. The van der Waals surface area contributed by atoms with E-state index in [0.717, 1.165) is 46.6 Å². The molecular weight excluding hydrogens is 399 g/mol. The van der Waals surface area contributed by atoms with Gasteiger partial charge >= 0.3 is 6.18 Å². The second-order valence-electron chi connectivity index (χ2n) is 6.76. The lowest BCUT2D eigenvalue weighted by Gasteiger charge is -2.06. The SMILES string of the molecule is CCCc1nc(-c2ccc(C(F)(F)F)cc2)sc1Cn1ccc2cc(O)cnc21. The van der Waals surface area contributed by atoms with Crippen LogP contribution in [0, 0.1) is 0 Å². The van der Waals surface area contributed by atoms with Gasteiger partial charge in [0.15, 0.2) is 0 Å². The zero-order valence-electron chi connectivity index (χ0n) is 15.6. The van der Waals surface area contributed by atoms with Crippen LogP contribution in [0.15, 0.2) is 48.8 Å². The average molecular weight is 417 g/mol. The summed E-state index contributed by atoms with van der Waals surface area (Å²) < 4.78 is 40.4. The molecule has 3 heterocycles. The van der Waals surface area contributed by atoms with Crippen LogP contribution in [-0.2, 0) is 19.1 Å². The van der Waals surface area contributed by atoms with E-state index in [0.29, 0.717) is 17.1 Å². The quantitative estimate of drug-likeness (QED) is 0.441. The number of pyridine rings is 1. The van der Waals surface area contributed by atoms with Crippen LogP contribution in [0.25, 0.3) is 21.6 Å². The van der Waals surface area contributed by atoms with Crippen molar-refractivity contribution in [2.75, 3.05) is 0 Å². The number of benzene rings is 1. The smallest absolute Gasteiger partial charge is 0.416 e. The Morgan fingerprint density at radius 1 is 1.14 bits per heavy atom. The van der Waals surface area contributed by atoms with E-state index >= 15 is 0 Å². The van der Waals surface area contributed by atoms with E-state index in [9.17, 15) is 18.3 Å². The minimum absolute atomic E-state index is 0.115. The molecule has 8 heteroatoms. The molecule has 0 aliphatic heterocycles. The van der Waals surface area contributed by atoms with Crippen molar-refractivity contribution in [2.45, 2.75) is 32.5 Å². The molecule has 0 unspecified atom stereocenters. The third kappa shape index (κ3) is 3.98. The van der Waals surface area contributed by atoms with E-state index in [-0.39, 0.29) is 5.75 Å². The highest BCUT2D eigenvalue weighted by Crippen LogP contribution is 2.34. The highest BCUT2D eigenvalue weighted by Gasteiger charge is 2.30. The lowest BCUT2D eigenvalue weighted by Crippen LogP contribution is -2.03. The zero-order chi connectivity index (χ0) is 20.6. The highest BCUT2D eigenvalue weighted by atomic mass is 32.1. The van der Waals surface area contributed by atoms with E-state index in [4.69, 9.17) is 4.98 Å². The maximum atomic E-state index is 12.8. The summed E-state index contributed by atoms with van der Waals surface area (Å²) >= 11 is 1.49. The summed E-state index contributed by atoms with van der Waals surface area (Å²) in [5, 5.41) is 11.1. The predicted molar refractivity (Wildman–Crippen MR) is 107 cm³/mol. The number of hydrogen-bond donors (Lipinski definition) is 1. The standard InChI is InChI=1S/C21H18F3N3OS/c1-2-3-17-18(12-27-9-8-14-10-16(28)11-25-19(14)27)29-20(26-17)13-4-6-15(7-5-13)21(22,23)24/h4-11,28H,2-3,12H2,1H3. The molecule has 0 spiro atoms. The molecule has 1 N–H and O–H groups in total. The Hall–Kier alpha value is -2.87. The fourth-order valence-corrected chi connectivity index (χ4v) is 4.33. The summed E-state index contributed by atoms with van der Waals surface area (Å²) in [5.41, 5.74) is 1.72. The van der Waals surface area contributed by atoms with Crippen LogP contribution in [0.1, 0.15) is 29.5 Å². The Kier molecular flexibility index (Phi) is 5.04. The van der Waals surface area contributed by atoms with Gasteiger partial charge in [-0.2, -0.15) is 13.2 Å². The van der Waals surface area contributed by atoms with Crippen molar-refractivity contribution < 1.29 is 18.3 Å². The largest absolute Gasteiger partial charge is 0.506 e. The lowest BCUT2D eigenvalue weighted by molar-refractivity contribution is -0.137. The van der Waals surface area contributed by atoms with Gasteiger partial charge in [0, 0.05) is 22.0 Å². The third-order valence-corrected chi connectivity index (χ3v) is 5.76. The second kappa shape index (κ2) is 7.51. The Labute approximate surface area is 169 Å². The molecule has 0 fully saturated rings. The van der Waals surface area contributed by atoms with E-state index in [1.54, 1.807) is 6.07 Å². The van der Waals surface area contributed by atoms with Gasteiger partial charge in [-0.1, -0.05) is 25.5 Å². The summed E-state index contributed by atoms with van der Waals surface area (Å²) in [6, 6.07) is 8.66. The fourth-order valence-electron chi connectivity index (χ4n) is 3.21. The van der Waals surface area contributed by atoms with Crippen molar-refractivity contribution in [3.8, 4) is 16.3 Å². The number of halogens is 3. The first-order valence-corrected chi connectivity index (χ1v) is 9.97. The minimum atomic E-state index is -4.35. The van der Waals surface area contributed by atoms with Crippen LogP contribution < -0.4 is 0 Å². The summed E-state index contributed by atoms with van der Waals surface area (Å²) in [6.45, 7) is 2.63. The van der Waals surface area contributed by atoms with Crippen molar-refractivity contribution in [1.29, 1.82) is 0 Å². The zero-order valence-corrected chi connectivity index (χ0v) is 16.4. The van der Waals surface area contributed by atoms with Crippen molar-refractivity contribution in [3.05, 3.63) is 64.9 Å². The first-order chi connectivity index (χ1) is 13.8. The maximum Gasteiger partial charge on any atom is 0.416 e. The topological polar surface area (TPSA) is 50.9 Å². The van der Waals surface area contributed by atoms with Gasteiger partial charge in [-0.15, -0.1) is 11.3 Å². The van der Waals surface area contributed by atoms with E-state index < -0.39 is 11.7 Å². The maximum absolute atomic E-state index is 12.8. The Bertz CT molecular complexity index is 1150. The van der Waals surface area contributed by atoms with Gasteiger partial charge in [0.05, 0.1) is 24.0 Å². The van der Waals surface area contributed by atoms with Gasteiger partial charge < -0.3 is 9.67 Å². The van der Waals surface area contributed by atoms with Crippen molar-refractivity contribution >= 4 is 22.4 Å². The summed E-state index contributed by atoms with van der Waals surface area (Å²) in [7, 11) is 0. The Balaban J connectivity index is 1.67. The predicted octanol–water partition coefficient (Wildman–Crippen LogP) is 5.89. The Morgan fingerprint density at radius 3 is 2.59 bits per heavy atom. The number of aromatic nitrogens is 3.